The van der Waals surface area contributed by atoms with Gasteiger partial charge in [-0.25, -0.2) is 4.99 Å². The molecule has 0 spiro atoms. The van der Waals surface area contributed by atoms with Crippen LogP contribution in [-0.2, 0) is 9.59 Å². The highest BCUT2D eigenvalue weighted by atomic mass is 32.2. The summed E-state index contributed by atoms with van der Waals surface area (Å²) in [5.74, 6) is 1.06. The van der Waals surface area contributed by atoms with Crippen LogP contribution in [0.2, 0.25) is 0 Å². The topological polar surface area (TPSA) is 80.2 Å². The zero-order valence-corrected chi connectivity index (χ0v) is 18.8. The third kappa shape index (κ3) is 5.79. The SMILES string of the molecule is CCCOc1ccc(NC(=O)C[C@H]2SC(=Nc3ccccc3OC)N(CC)C2=O)cc1. The number of hydrogen-bond acceptors (Lipinski definition) is 6. The monoisotopic (exact) mass is 441 g/mol. The molecule has 0 radical (unpaired) electrons. The standard InChI is InChI=1S/C23H27N3O4S/c1-4-14-30-17-12-10-16(11-13-17)24-21(27)15-20-22(28)26(5-2)23(31-20)25-18-8-6-7-9-19(18)29-3/h6-13,20H,4-5,14-15H2,1-3H3,(H,24,27)/t20-/m1/s1. The van der Waals surface area contributed by atoms with E-state index in [2.05, 4.69) is 10.3 Å². The Labute approximate surface area is 186 Å². The highest BCUT2D eigenvalue weighted by molar-refractivity contribution is 8.15. The molecule has 0 unspecified atom stereocenters. The largest absolute Gasteiger partial charge is 0.494 e. The van der Waals surface area contributed by atoms with Crippen molar-refractivity contribution >= 4 is 40.1 Å². The molecule has 1 aliphatic rings. The van der Waals surface area contributed by atoms with E-state index in [9.17, 15) is 9.59 Å². The number of aliphatic imine (C=N–C) groups is 1. The van der Waals surface area contributed by atoms with Crippen LogP contribution in [0.1, 0.15) is 26.7 Å². The molecule has 2 aromatic rings. The number of nitrogens with one attached hydrogen (secondary N) is 1. The molecular weight excluding hydrogens is 414 g/mol. The summed E-state index contributed by atoms with van der Waals surface area (Å²) in [5.41, 5.74) is 1.31. The fourth-order valence-corrected chi connectivity index (χ4v) is 4.29. The van der Waals surface area contributed by atoms with E-state index in [0.717, 1.165) is 12.2 Å². The minimum atomic E-state index is -0.513. The number of ether oxygens (including phenoxy) is 2. The highest BCUT2D eigenvalue weighted by Crippen LogP contribution is 2.34. The Kier molecular flexibility index (Phi) is 7.94. The van der Waals surface area contributed by atoms with Gasteiger partial charge in [0.15, 0.2) is 5.17 Å². The summed E-state index contributed by atoms with van der Waals surface area (Å²) in [6.45, 7) is 5.07. The molecule has 1 N–H and O–H groups in total. The van der Waals surface area contributed by atoms with Crippen LogP contribution >= 0.6 is 11.8 Å². The third-order valence-corrected chi connectivity index (χ3v) is 5.79. The number of rotatable bonds is 9. The quantitative estimate of drug-likeness (QED) is 0.621. The lowest BCUT2D eigenvalue weighted by Crippen LogP contribution is -2.33. The third-order valence-electron chi connectivity index (χ3n) is 4.62. The van der Waals surface area contributed by atoms with E-state index in [1.165, 1.54) is 11.8 Å². The zero-order chi connectivity index (χ0) is 22.2. The lowest BCUT2D eigenvalue weighted by molar-refractivity contribution is -0.128. The molecule has 0 aromatic heterocycles. The maximum absolute atomic E-state index is 12.8. The number of amides is 2. The number of anilines is 1. The molecule has 0 saturated carbocycles. The van der Waals surface area contributed by atoms with E-state index in [1.54, 1.807) is 24.1 Å². The normalized spacial score (nSPS) is 17.1. The first-order chi connectivity index (χ1) is 15.0. The van der Waals surface area contributed by atoms with E-state index in [-0.39, 0.29) is 18.2 Å². The minimum Gasteiger partial charge on any atom is -0.494 e. The molecule has 0 bridgehead atoms. The van der Waals surface area contributed by atoms with Gasteiger partial charge in [-0.2, -0.15) is 0 Å². The van der Waals surface area contributed by atoms with Gasteiger partial charge in [0, 0.05) is 18.7 Å². The molecule has 3 rings (SSSR count). The van der Waals surface area contributed by atoms with Gasteiger partial charge < -0.3 is 14.8 Å². The van der Waals surface area contributed by atoms with E-state index in [1.807, 2.05) is 50.2 Å². The molecular formula is C23H27N3O4S. The lowest BCUT2D eigenvalue weighted by atomic mass is 10.2. The molecule has 1 aliphatic heterocycles. The second-order valence-electron chi connectivity index (χ2n) is 6.88. The molecule has 2 amide bonds. The average Bonchev–Trinajstić information content (AvgIpc) is 3.07. The van der Waals surface area contributed by atoms with Crippen molar-refractivity contribution in [2.45, 2.75) is 31.9 Å². The number of carbonyl (C=O) groups excluding carboxylic acids is 2. The summed E-state index contributed by atoms with van der Waals surface area (Å²) in [6.07, 6.45) is 1.00. The first-order valence-corrected chi connectivity index (χ1v) is 11.2. The summed E-state index contributed by atoms with van der Waals surface area (Å²) in [4.78, 5) is 31.6. The van der Waals surface area contributed by atoms with Crippen LogP contribution in [0.4, 0.5) is 11.4 Å². The van der Waals surface area contributed by atoms with Gasteiger partial charge in [0.25, 0.3) is 0 Å². The van der Waals surface area contributed by atoms with Gasteiger partial charge in [-0.3, -0.25) is 14.5 Å². The molecule has 8 heteroatoms. The van der Waals surface area contributed by atoms with Crippen molar-refractivity contribution in [3.05, 3.63) is 48.5 Å². The van der Waals surface area contributed by atoms with Crippen LogP contribution in [0.25, 0.3) is 0 Å². The van der Waals surface area contributed by atoms with Gasteiger partial charge >= 0.3 is 0 Å². The number of para-hydroxylation sites is 2. The smallest absolute Gasteiger partial charge is 0.242 e. The molecule has 1 heterocycles. The zero-order valence-electron chi connectivity index (χ0n) is 18.0. The van der Waals surface area contributed by atoms with E-state index < -0.39 is 5.25 Å². The summed E-state index contributed by atoms with van der Waals surface area (Å²) in [5, 5.41) is 2.91. The van der Waals surface area contributed by atoms with Gasteiger partial charge in [-0.15, -0.1) is 0 Å². The number of amidine groups is 1. The molecule has 1 fully saturated rings. The summed E-state index contributed by atoms with van der Waals surface area (Å²) >= 11 is 1.31. The predicted octanol–water partition coefficient (Wildman–Crippen LogP) is 4.46. The van der Waals surface area contributed by atoms with Crippen LogP contribution in [-0.4, -0.2) is 47.4 Å². The molecule has 0 aliphatic carbocycles. The van der Waals surface area contributed by atoms with Crippen LogP contribution in [0.3, 0.4) is 0 Å². The van der Waals surface area contributed by atoms with Gasteiger partial charge in [-0.1, -0.05) is 30.8 Å². The van der Waals surface area contributed by atoms with Crippen LogP contribution in [0.5, 0.6) is 11.5 Å². The van der Waals surface area contributed by atoms with E-state index in [4.69, 9.17) is 9.47 Å². The van der Waals surface area contributed by atoms with Gasteiger partial charge in [-0.05, 0) is 49.7 Å². The second-order valence-corrected chi connectivity index (χ2v) is 8.05. The molecule has 1 atom stereocenters. The van der Waals surface area contributed by atoms with Crippen molar-refractivity contribution in [1.82, 2.24) is 4.90 Å². The fraction of sp³-hybridized carbons (Fsp3) is 0.348. The summed E-state index contributed by atoms with van der Waals surface area (Å²) in [7, 11) is 1.58. The lowest BCUT2D eigenvalue weighted by Gasteiger charge is -2.14. The van der Waals surface area contributed by atoms with Gasteiger partial charge in [0.2, 0.25) is 11.8 Å². The van der Waals surface area contributed by atoms with Crippen molar-refractivity contribution in [2.75, 3.05) is 25.6 Å². The highest BCUT2D eigenvalue weighted by Gasteiger charge is 2.38. The molecule has 1 saturated heterocycles. The minimum absolute atomic E-state index is 0.0685. The number of nitrogens with zero attached hydrogens (tertiary/aromatic N) is 2. The van der Waals surface area contributed by atoms with Crippen LogP contribution in [0, 0.1) is 0 Å². The Morgan fingerprint density at radius 1 is 1.16 bits per heavy atom. The number of methoxy groups -OCH3 is 1. The van der Waals surface area contributed by atoms with Crippen LogP contribution < -0.4 is 14.8 Å². The van der Waals surface area contributed by atoms with Crippen molar-refractivity contribution in [2.24, 2.45) is 4.99 Å². The van der Waals surface area contributed by atoms with E-state index >= 15 is 0 Å². The maximum atomic E-state index is 12.8. The first kappa shape index (κ1) is 22.7. The summed E-state index contributed by atoms with van der Waals surface area (Å²) in [6, 6.07) is 14.6. The Bertz CT molecular complexity index is 946. The number of thioether (sulfide) groups is 1. The molecule has 31 heavy (non-hydrogen) atoms. The Morgan fingerprint density at radius 2 is 1.90 bits per heavy atom. The maximum Gasteiger partial charge on any atom is 0.242 e. The molecule has 164 valence electrons. The summed E-state index contributed by atoms with van der Waals surface area (Å²) < 4.78 is 10.9. The first-order valence-electron chi connectivity index (χ1n) is 10.3. The Hall–Kier alpha value is -3.00. The average molecular weight is 442 g/mol. The predicted molar refractivity (Wildman–Crippen MR) is 124 cm³/mol. The van der Waals surface area contributed by atoms with Crippen molar-refractivity contribution < 1.29 is 19.1 Å². The molecule has 7 nitrogen and oxygen atoms in total. The molecule has 2 aromatic carbocycles. The van der Waals surface area contributed by atoms with Crippen molar-refractivity contribution in [3.63, 3.8) is 0 Å². The second kappa shape index (κ2) is 10.9. The van der Waals surface area contributed by atoms with E-state index in [0.29, 0.717) is 35.4 Å². The Balaban J connectivity index is 1.65. The van der Waals surface area contributed by atoms with Gasteiger partial charge in [0.05, 0.1) is 13.7 Å². The number of carbonyl (C=O) groups is 2. The Morgan fingerprint density at radius 3 is 2.58 bits per heavy atom. The number of benzene rings is 2. The van der Waals surface area contributed by atoms with Gasteiger partial charge in [0.1, 0.15) is 22.4 Å². The van der Waals surface area contributed by atoms with Crippen molar-refractivity contribution in [1.29, 1.82) is 0 Å². The van der Waals surface area contributed by atoms with Crippen LogP contribution in [0.15, 0.2) is 53.5 Å². The fourth-order valence-electron chi connectivity index (χ4n) is 3.08. The van der Waals surface area contributed by atoms with Crippen molar-refractivity contribution in [3.8, 4) is 11.5 Å². The number of hydrogen-bond donors (Lipinski definition) is 1.